The summed E-state index contributed by atoms with van der Waals surface area (Å²) in [7, 11) is 0. The number of aromatic nitrogens is 1. The number of carbonyl (C=O) groups excluding carboxylic acids is 2. The Morgan fingerprint density at radius 3 is 2.59 bits per heavy atom. The van der Waals surface area contributed by atoms with Crippen LogP contribution in [0.15, 0.2) is 67.0 Å². The second-order valence-corrected chi connectivity index (χ2v) is 6.08. The Kier molecular flexibility index (Phi) is 5.78. The molecule has 0 unspecified atom stereocenters. The van der Waals surface area contributed by atoms with Crippen molar-refractivity contribution in [3.8, 4) is 0 Å². The molecule has 1 heterocycles. The number of pyridine rings is 1. The Hall–Kier alpha value is -3.25. The van der Waals surface area contributed by atoms with Crippen molar-refractivity contribution in [1.82, 2.24) is 10.3 Å². The lowest BCUT2D eigenvalue weighted by molar-refractivity contribution is 0.0946. The molecule has 2 N–H and O–H groups in total. The van der Waals surface area contributed by atoms with Gasteiger partial charge in [-0.2, -0.15) is 0 Å². The fourth-order valence-electron chi connectivity index (χ4n) is 2.44. The van der Waals surface area contributed by atoms with Gasteiger partial charge in [0.15, 0.2) is 0 Å². The third kappa shape index (κ3) is 4.68. The van der Waals surface area contributed by atoms with Crippen molar-refractivity contribution in [2.24, 2.45) is 0 Å². The molecule has 0 aliphatic carbocycles. The van der Waals surface area contributed by atoms with Crippen molar-refractivity contribution in [2.75, 3.05) is 5.32 Å². The molecular formula is C20H15ClFN3O2. The third-order valence-electron chi connectivity index (χ3n) is 3.75. The molecule has 27 heavy (non-hydrogen) atoms. The first-order valence-electron chi connectivity index (χ1n) is 8.07. The van der Waals surface area contributed by atoms with Gasteiger partial charge in [-0.3, -0.25) is 14.6 Å². The number of hydrogen-bond acceptors (Lipinski definition) is 3. The summed E-state index contributed by atoms with van der Waals surface area (Å²) in [6.07, 6.45) is 3.06. The highest BCUT2D eigenvalue weighted by molar-refractivity contribution is 6.33. The summed E-state index contributed by atoms with van der Waals surface area (Å²) in [6.45, 7) is 0.153. The second-order valence-electron chi connectivity index (χ2n) is 5.68. The lowest BCUT2D eigenvalue weighted by Gasteiger charge is -2.10. The van der Waals surface area contributed by atoms with Crippen LogP contribution < -0.4 is 10.6 Å². The standard InChI is InChI=1S/C20H15ClFN3O2/c21-16-7-2-8-17(22)18(16)20(27)24-11-13-4-1-6-15(10-13)25-19(26)14-5-3-9-23-12-14/h1-10,12H,11H2,(H,24,27)(H,25,26). The van der Waals surface area contributed by atoms with Crippen LogP contribution in [0.25, 0.3) is 0 Å². The highest BCUT2D eigenvalue weighted by Crippen LogP contribution is 2.19. The molecule has 136 valence electrons. The van der Waals surface area contributed by atoms with Crippen LogP contribution in [0, 0.1) is 5.82 Å². The smallest absolute Gasteiger partial charge is 0.257 e. The molecule has 3 aromatic rings. The summed E-state index contributed by atoms with van der Waals surface area (Å²) < 4.78 is 13.8. The van der Waals surface area contributed by atoms with Crippen molar-refractivity contribution in [1.29, 1.82) is 0 Å². The van der Waals surface area contributed by atoms with Crippen LogP contribution in [0.4, 0.5) is 10.1 Å². The molecule has 5 nitrogen and oxygen atoms in total. The third-order valence-corrected chi connectivity index (χ3v) is 4.07. The normalized spacial score (nSPS) is 10.3. The maximum Gasteiger partial charge on any atom is 0.257 e. The zero-order valence-electron chi connectivity index (χ0n) is 14.1. The minimum absolute atomic E-state index is 0.0463. The Morgan fingerprint density at radius 2 is 1.85 bits per heavy atom. The summed E-state index contributed by atoms with van der Waals surface area (Å²) in [4.78, 5) is 28.3. The van der Waals surface area contributed by atoms with Gasteiger partial charge in [-0.25, -0.2) is 4.39 Å². The molecule has 3 rings (SSSR count). The van der Waals surface area contributed by atoms with Gasteiger partial charge in [-0.15, -0.1) is 0 Å². The summed E-state index contributed by atoms with van der Waals surface area (Å²) in [5.74, 6) is -1.58. The van der Waals surface area contributed by atoms with Crippen molar-refractivity contribution >= 4 is 29.1 Å². The second kappa shape index (κ2) is 8.42. The van der Waals surface area contributed by atoms with Gasteiger partial charge in [0.05, 0.1) is 16.1 Å². The van der Waals surface area contributed by atoms with Gasteiger partial charge in [-0.05, 0) is 42.0 Å². The Balaban J connectivity index is 1.66. The topological polar surface area (TPSA) is 71.1 Å². The molecule has 2 amide bonds. The summed E-state index contributed by atoms with van der Waals surface area (Å²) >= 11 is 5.89. The van der Waals surface area contributed by atoms with E-state index in [0.717, 1.165) is 5.56 Å². The van der Waals surface area contributed by atoms with E-state index >= 15 is 0 Å². The van der Waals surface area contributed by atoms with E-state index in [0.29, 0.717) is 11.3 Å². The Morgan fingerprint density at radius 1 is 1.04 bits per heavy atom. The first-order chi connectivity index (χ1) is 13.0. The van der Waals surface area contributed by atoms with Crippen LogP contribution in [-0.4, -0.2) is 16.8 Å². The fraction of sp³-hybridized carbons (Fsp3) is 0.0500. The van der Waals surface area contributed by atoms with Crippen molar-refractivity contribution < 1.29 is 14.0 Å². The van der Waals surface area contributed by atoms with E-state index in [4.69, 9.17) is 11.6 Å². The molecule has 0 atom stereocenters. The molecule has 0 fully saturated rings. The fourth-order valence-corrected chi connectivity index (χ4v) is 2.69. The molecular weight excluding hydrogens is 369 g/mol. The zero-order chi connectivity index (χ0) is 19.2. The molecule has 0 radical (unpaired) electrons. The predicted octanol–water partition coefficient (Wildman–Crippen LogP) is 4.06. The summed E-state index contributed by atoms with van der Waals surface area (Å²) in [6, 6.07) is 14.4. The molecule has 0 saturated carbocycles. The van der Waals surface area contributed by atoms with E-state index < -0.39 is 11.7 Å². The van der Waals surface area contributed by atoms with Gasteiger partial charge < -0.3 is 10.6 Å². The lowest BCUT2D eigenvalue weighted by Crippen LogP contribution is -2.24. The SMILES string of the molecule is O=C(Nc1cccc(CNC(=O)c2c(F)cccc2Cl)c1)c1cccnc1. The van der Waals surface area contributed by atoms with Gasteiger partial charge >= 0.3 is 0 Å². The Bertz CT molecular complexity index is 960. The molecule has 1 aromatic heterocycles. The van der Waals surface area contributed by atoms with Gasteiger partial charge in [0, 0.05) is 24.6 Å². The number of anilines is 1. The maximum absolute atomic E-state index is 13.8. The van der Waals surface area contributed by atoms with Crippen LogP contribution in [0.3, 0.4) is 0 Å². The van der Waals surface area contributed by atoms with Gasteiger partial charge in [0.1, 0.15) is 5.82 Å². The van der Waals surface area contributed by atoms with E-state index in [1.54, 1.807) is 42.6 Å². The Labute approximate surface area is 160 Å². The van der Waals surface area contributed by atoms with Crippen LogP contribution >= 0.6 is 11.6 Å². The van der Waals surface area contributed by atoms with Crippen LogP contribution in [-0.2, 0) is 6.54 Å². The maximum atomic E-state index is 13.8. The first-order valence-corrected chi connectivity index (χ1v) is 8.45. The zero-order valence-corrected chi connectivity index (χ0v) is 14.8. The monoisotopic (exact) mass is 383 g/mol. The summed E-state index contributed by atoms with van der Waals surface area (Å²) in [5.41, 5.74) is 1.55. The average molecular weight is 384 g/mol. The number of hydrogen-bond donors (Lipinski definition) is 2. The average Bonchev–Trinajstić information content (AvgIpc) is 2.67. The molecule has 7 heteroatoms. The van der Waals surface area contributed by atoms with E-state index in [9.17, 15) is 14.0 Å². The summed E-state index contributed by atoms with van der Waals surface area (Å²) in [5, 5.41) is 5.43. The number of amides is 2. The highest BCUT2D eigenvalue weighted by Gasteiger charge is 2.15. The number of rotatable bonds is 5. The van der Waals surface area contributed by atoms with E-state index in [1.165, 1.54) is 24.4 Å². The predicted molar refractivity (Wildman–Crippen MR) is 101 cm³/mol. The molecule has 0 aliphatic rings. The van der Waals surface area contributed by atoms with Crippen LogP contribution in [0.2, 0.25) is 5.02 Å². The first kappa shape index (κ1) is 18.5. The molecule has 0 spiro atoms. The molecule has 2 aromatic carbocycles. The van der Waals surface area contributed by atoms with E-state index in [1.807, 2.05) is 0 Å². The number of carbonyl (C=O) groups is 2. The van der Waals surface area contributed by atoms with E-state index in [2.05, 4.69) is 15.6 Å². The van der Waals surface area contributed by atoms with Crippen molar-refractivity contribution in [3.05, 3.63) is 94.5 Å². The largest absolute Gasteiger partial charge is 0.348 e. The van der Waals surface area contributed by atoms with Gasteiger partial charge in [-0.1, -0.05) is 29.8 Å². The van der Waals surface area contributed by atoms with Crippen molar-refractivity contribution in [3.63, 3.8) is 0 Å². The van der Waals surface area contributed by atoms with Crippen LogP contribution in [0.5, 0.6) is 0 Å². The number of nitrogens with zero attached hydrogens (tertiary/aromatic N) is 1. The molecule has 0 saturated heterocycles. The number of halogens is 2. The minimum atomic E-state index is -0.683. The van der Waals surface area contributed by atoms with Gasteiger partial charge in [0.2, 0.25) is 0 Å². The molecule has 0 bridgehead atoms. The quantitative estimate of drug-likeness (QED) is 0.698. The highest BCUT2D eigenvalue weighted by atomic mass is 35.5. The lowest BCUT2D eigenvalue weighted by atomic mass is 10.1. The van der Waals surface area contributed by atoms with E-state index in [-0.39, 0.29) is 23.0 Å². The minimum Gasteiger partial charge on any atom is -0.348 e. The number of benzene rings is 2. The van der Waals surface area contributed by atoms with Crippen LogP contribution in [0.1, 0.15) is 26.3 Å². The molecule has 0 aliphatic heterocycles. The number of nitrogens with one attached hydrogen (secondary N) is 2. The van der Waals surface area contributed by atoms with Gasteiger partial charge in [0.25, 0.3) is 11.8 Å². The van der Waals surface area contributed by atoms with Crippen molar-refractivity contribution in [2.45, 2.75) is 6.54 Å².